The highest BCUT2D eigenvalue weighted by Crippen LogP contribution is 2.15. The Morgan fingerprint density at radius 3 is 0.953 bits per heavy atom. The van der Waals surface area contributed by atoms with E-state index in [0.717, 1.165) is 77.0 Å². The average Bonchev–Trinajstić information content (AvgIpc) is 3.29. The van der Waals surface area contributed by atoms with Crippen molar-refractivity contribution < 1.29 is 28.6 Å². The smallest absolute Gasteiger partial charge is 0.348 e. The van der Waals surface area contributed by atoms with Crippen LogP contribution < -0.4 is 0 Å². The minimum Gasteiger partial charge on any atom is -0.466 e. The summed E-state index contributed by atoms with van der Waals surface area (Å²) in [7, 11) is 0. The van der Waals surface area contributed by atoms with Crippen LogP contribution >= 0.6 is 0 Å². The lowest BCUT2D eigenvalue weighted by Crippen LogP contribution is -2.32. The molecule has 0 heterocycles. The van der Waals surface area contributed by atoms with E-state index in [1.807, 2.05) is 0 Å². The number of carbonyl (C=O) groups excluding carboxylic acids is 3. The van der Waals surface area contributed by atoms with Crippen molar-refractivity contribution in [1.82, 2.24) is 0 Å². The third-order valence-corrected chi connectivity index (χ3v) is 12.4. The van der Waals surface area contributed by atoms with E-state index in [9.17, 15) is 14.4 Å². The van der Waals surface area contributed by atoms with Crippen LogP contribution in [0.3, 0.4) is 0 Å². The van der Waals surface area contributed by atoms with Crippen molar-refractivity contribution in [2.24, 2.45) is 0 Å². The zero-order valence-corrected chi connectivity index (χ0v) is 42.8. The lowest BCUT2D eigenvalue weighted by Gasteiger charge is -2.17. The van der Waals surface area contributed by atoms with Crippen LogP contribution in [0.1, 0.15) is 297 Å². The fraction of sp³-hybridized carbons (Fsp3) is 0.845. The van der Waals surface area contributed by atoms with Gasteiger partial charge in [-0.3, -0.25) is 9.59 Å². The van der Waals surface area contributed by atoms with Crippen LogP contribution in [-0.4, -0.2) is 37.2 Å². The van der Waals surface area contributed by atoms with Gasteiger partial charge in [0.15, 0.2) is 0 Å². The van der Waals surface area contributed by atoms with E-state index in [1.54, 1.807) is 0 Å². The molecule has 6 nitrogen and oxygen atoms in total. The first-order valence-corrected chi connectivity index (χ1v) is 28.0. The summed E-state index contributed by atoms with van der Waals surface area (Å²) in [5, 5.41) is 0. The standard InChI is InChI=1S/C58H106O6/c1-4-7-10-13-16-19-22-25-28-31-34-37-40-43-46-49-52-62-57(60)54-55(64-56(59)51-48-45-42-39-36-33-30-27-24-21-18-15-12-9-6-3)58(61)63-53-50-47-44-41-38-35-32-29-26-23-20-17-14-11-8-5-2/h25-30,55H,4-24,31-54H2,1-3H3/b28-25-,29-26-,30-27-. The maximum Gasteiger partial charge on any atom is 0.348 e. The van der Waals surface area contributed by atoms with Gasteiger partial charge in [-0.1, -0.05) is 224 Å². The number of rotatable bonds is 51. The van der Waals surface area contributed by atoms with E-state index in [4.69, 9.17) is 14.2 Å². The fourth-order valence-electron chi connectivity index (χ4n) is 8.09. The zero-order valence-electron chi connectivity index (χ0n) is 42.8. The van der Waals surface area contributed by atoms with E-state index in [1.165, 1.54) is 180 Å². The number of ether oxygens (including phenoxy) is 3. The highest BCUT2D eigenvalue weighted by Gasteiger charge is 2.28. The first-order chi connectivity index (χ1) is 31.5. The zero-order chi connectivity index (χ0) is 46.5. The summed E-state index contributed by atoms with van der Waals surface area (Å²) in [5.74, 6) is -1.60. The molecule has 0 spiro atoms. The van der Waals surface area contributed by atoms with Gasteiger partial charge in [-0.05, 0) is 96.3 Å². The molecule has 0 bridgehead atoms. The number of esters is 3. The molecule has 0 aromatic carbocycles. The molecular weight excluding hydrogens is 793 g/mol. The Labute approximate surface area is 397 Å². The maximum atomic E-state index is 13.1. The molecule has 0 aromatic heterocycles. The molecule has 0 aliphatic rings. The Bertz CT molecular complexity index is 1080. The molecule has 0 aliphatic heterocycles. The maximum absolute atomic E-state index is 13.1. The van der Waals surface area contributed by atoms with Crippen LogP contribution in [0.25, 0.3) is 0 Å². The Balaban J connectivity index is 4.40. The number of allylic oxidation sites excluding steroid dienone is 6. The summed E-state index contributed by atoms with van der Waals surface area (Å²) in [5.41, 5.74) is 0. The molecule has 6 heteroatoms. The second kappa shape index (κ2) is 53.2. The third-order valence-electron chi connectivity index (χ3n) is 12.4. The van der Waals surface area contributed by atoms with Crippen LogP contribution in [0.5, 0.6) is 0 Å². The van der Waals surface area contributed by atoms with E-state index in [0.29, 0.717) is 13.0 Å². The van der Waals surface area contributed by atoms with Gasteiger partial charge in [0.1, 0.15) is 0 Å². The van der Waals surface area contributed by atoms with Crippen molar-refractivity contribution in [2.75, 3.05) is 13.2 Å². The van der Waals surface area contributed by atoms with Gasteiger partial charge in [-0.25, -0.2) is 4.79 Å². The Hall–Kier alpha value is -2.37. The predicted octanol–water partition coefficient (Wildman–Crippen LogP) is 18.5. The lowest BCUT2D eigenvalue weighted by atomic mass is 10.1. The summed E-state index contributed by atoms with van der Waals surface area (Å²) in [6, 6.07) is 0. The summed E-state index contributed by atoms with van der Waals surface area (Å²) in [4.78, 5) is 38.7. The monoisotopic (exact) mass is 899 g/mol. The van der Waals surface area contributed by atoms with Crippen LogP contribution in [-0.2, 0) is 28.6 Å². The number of unbranched alkanes of at least 4 members (excludes halogenated alkanes) is 35. The SMILES string of the molecule is CCCCCCCC/C=C\CCCCCCCCOC(=O)CC(OC(=O)CCCCCCC/C=C\CCCCCCCC)C(=O)OCCCCCCCC/C=C\CCCCCCCC. The van der Waals surface area contributed by atoms with E-state index in [-0.39, 0.29) is 19.4 Å². The van der Waals surface area contributed by atoms with Crippen molar-refractivity contribution in [3.05, 3.63) is 36.5 Å². The predicted molar refractivity (Wildman–Crippen MR) is 275 cm³/mol. The van der Waals surface area contributed by atoms with E-state index < -0.39 is 24.0 Å². The van der Waals surface area contributed by atoms with Crippen LogP contribution in [0.15, 0.2) is 36.5 Å². The first-order valence-electron chi connectivity index (χ1n) is 28.0. The lowest BCUT2D eigenvalue weighted by molar-refractivity contribution is -0.172. The topological polar surface area (TPSA) is 78.9 Å². The van der Waals surface area contributed by atoms with E-state index >= 15 is 0 Å². The molecule has 0 aliphatic carbocycles. The summed E-state index contributed by atoms with van der Waals surface area (Å²) < 4.78 is 16.6. The minimum absolute atomic E-state index is 0.237. The molecule has 0 radical (unpaired) electrons. The summed E-state index contributed by atoms with van der Waals surface area (Å²) in [6.07, 6.45) is 62.2. The molecule has 0 fully saturated rings. The second-order valence-electron chi connectivity index (χ2n) is 18.8. The quantitative estimate of drug-likeness (QED) is 0.0262. The largest absolute Gasteiger partial charge is 0.466 e. The molecule has 0 amide bonds. The van der Waals surface area contributed by atoms with Gasteiger partial charge in [0.25, 0.3) is 0 Å². The van der Waals surface area contributed by atoms with E-state index in [2.05, 4.69) is 57.2 Å². The van der Waals surface area contributed by atoms with Crippen LogP contribution in [0.2, 0.25) is 0 Å². The number of hydrogen-bond acceptors (Lipinski definition) is 6. The van der Waals surface area contributed by atoms with Crippen molar-refractivity contribution in [3.63, 3.8) is 0 Å². The van der Waals surface area contributed by atoms with Gasteiger partial charge in [0.05, 0.1) is 19.6 Å². The number of hydrogen-bond donors (Lipinski definition) is 0. The minimum atomic E-state index is -1.25. The molecule has 0 saturated carbocycles. The molecular formula is C58H106O6. The number of carbonyl (C=O) groups is 3. The molecule has 0 N–H and O–H groups in total. The molecule has 64 heavy (non-hydrogen) atoms. The first kappa shape index (κ1) is 61.6. The summed E-state index contributed by atoms with van der Waals surface area (Å²) >= 11 is 0. The average molecular weight is 899 g/mol. The van der Waals surface area contributed by atoms with Crippen LogP contribution in [0, 0.1) is 0 Å². The summed E-state index contributed by atoms with van der Waals surface area (Å²) in [6.45, 7) is 7.38. The third kappa shape index (κ3) is 49.1. The molecule has 0 rings (SSSR count). The van der Waals surface area contributed by atoms with Gasteiger partial charge >= 0.3 is 17.9 Å². The van der Waals surface area contributed by atoms with Crippen molar-refractivity contribution >= 4 is 17.9 Å². The molecule has 1 atom stereocenters. The Morgan fingerprint density at radius 1 is 0.328 bits per heavy atom. The molecule has 0 saturated heterocycles. The Kier molecular flexibility index (Phi) is 51.3. The second-order valence-corrected chi connectivity index (χ2v) is 18.8. The van der Waals surface area contributed by atoms with Crippen molar-refractivity contribution in [2.45, 2.75) is 303 Å². The van der Waals surface area contributed by atoms with Gasteiger partial charge in [0, 0.05) is 6.42 Å². The van der Waals surface area contributed by atoms with Crippen molar-refractivity contribution in [3.8, 4) is 0 Å². The Morgan fingerprint density at radius 2 is 0.609 bits per heavy atom. The van der Waals surface area contributed by atoms with Gasteiger partial charge in [0.2, 0.25) is 6.10 Å². The van der Waals surface area contributed by atoms with Crippen LogP contribution in [0.4, 0.5) is 0 Å². The highest BCUT2D eigenvalue weighted by atomic mass is 16.6. The van der Waals surface area contributed by atoms with Gasteiger partial charge < -0.3 is 14.2 Å². The normalized spacial score (nSPS) is 12.2. The molecule has 1 unspecified atom stereocenters. The fourth-order valence-corrected chi connectivity index (χ4v) is 8.09. The van der Waals surface area contributed by atoms with Gasteiger partial charge in [-0.2, -0.15) is 0 Å². The van der Waals surface area contributed by atoms with Crippen molar-refractivity contribution in [1.29, 1.82) is 0 Å². The highest BCUT2D eigenvalue weighted by molar-refractivity contribution is 5.84. The molecule has 0 aromatic rings. The van der Waals surface area contributed by atoms with Gasteiger partial charge in [-0.15, -0.1) is 0 Å². The molecule has 374 valence electrons.